The highest BCUT2D eigenvalue weighted by Gasteiger charge is 2.14. The van der Waals surface area contributed by atoms with Crippen molar-refractivity contribution in [3.05, 3.63) is 32.3 Å². The Bertz CT molecular complexity index is 745. The first kappa shape index (κ1) is 14.6. The number of sulfone groups is 1. The second-order valence-corrected chi connectivity index (χ2v) is 7.83. The van der Waals surface area contributed by atoms with Crippen LogP contribution >= 0.6 is 22.6 Å². The predicted octanol–water partition coefficient (Wildman–Crippen LogP) is 2.02. The van der Waals surface area contributed by atoms with Crippen LogP contribution in [0.3, 0.4) is 0 Å². The Morgan fingerprint density at radius 1 is 1.32 bits per heavy atom. The van der Waals surface area contributed by atoms with Crippen molar-refractivity contribution in [3.63, 3.8) is 0 Å². The molecule has 2 rings (SSSR count). The van der Waals surface area contributed by atoms with Crippen LogP contribution in [-0.2, 0) is 16.4 Å². The van der Waals surface area contributed by atoms with Crippen molar-refractivity contribution >= 4 is 43.5 Å². The molecule has 0 fully saturated rings. The highest BCUT2D eigenvalue weighted by atomic mass is 127. The maximum Gasteiger partial charge on any atom is 0.419 e. The lowest BCUT2D eigenvalue weighted by atomic mass is 10.3. The van der Waals surface area contributed by atoms with Crippen LogP contribution in [-0.4, -0.2) is 24.5 Å². The molecule has 5 nitrogen and oxygen atoms in total. The standard InChI is InChI=1S/C12H14INO4S/c1-2-6-19(16,17)7-5-14-10-8-9(13)3-4-11(10)18-12(14)15/h3-4,8H,2,5-7H2,1H3. The molecule has 0 saturated heterocycles. The Labute approximate surface area is 124 Å². The average molecular weight is 395 g/mol. The molecule has 0 N–H and O–H groups in total. The highest BCUT2D eigenvalue weighted by molar-refractivity contribution is 14.1. The number of nitrogens with zero attached hydrogens (tertiary/aromatic N) is 1. The molecule has 1 heterocycles. The van der Waals surface area contributed by atoms with Gasteiger partial charge in [-0.3, -0.25) is 4.57 Å². The van der Waals surface area contributed by atoms with E-state index in [0.29, 0.717) is 17.5 Å². The van der Waals surface area contributed by atoms with Crippen molar-refractivity contribution < 1.29 is 12.8 Å². The van der Waals surface area contributed by atoms with Crippen LogP contribution in [0.1, 0.15) is 13.3 Å². The first-order valence-corrected chi connectivity index (χ1v) is 8.82. The minimum absolute atomic E-state index is 0.0408. The molecular weight excluding hydrogens is 381 g/mol. The van der Waals surface area contributed by atoms with Gasteiger partial charge in [-0.05, 0) is 47.2 Å². The monoisotopic (exact) mass is 395 g/mol. The number of rotatable bonds is 5. The Hall–Kier alpha value is -0.830. The summed E-state index contributed by atoms with van der Waals surface area (Å²) in [4.78, 5) is 11.7. The maximum atomic E-state index is 11.7. The number of aromatic nitrogens is 1. The van der Waals surface area contributed by atoms with Gasteiger partial charge in [0.1, 0.15) is 0 Å². The molecule has 0 spiro atoms. The van der Waals surface area contributed by atoms with E-state index in [4.69, 9.17) is 4.42 Å². The fraction of sp³-hybridized carbons (Fsp3) is 0.417. The molecule has 1 aromatic carbocycles. The third kappa shape index (κ3) is 3.38. The summed E-state index contributed by atoms with van der Waals surface area (Å²) in [7, 11) is -3.11. The third-order valence-electron chi connectivity index (χ3n) is 2.77. The van der Waals surface area contributed by atoms with Gasteiger partial charge in [0.15, 0.2) is 15.4 Å². The largest absolute Gasteiger partial charge is 0.419 e. The van der Waals surface area contributed by atoms with Crippen LogP contribution in [0.4, 0.5) is 0 Å². The van der Waals surface area contributed by atoms with E-state index in [-0.39, 0.29) is 18.1 Å². The molecule has 0 amide bonds. The average Bonchev–Trinajstić information content (AvgIpc) is 2.62. The molecule has 1 aromatic heterocycles. The van der Waals surface area contributed by atoms with Gasteiger partial charge >= 0.3 is 5.76 Å². The number of aryl methyl sites for hydroxylation is 1. The quantitative estimate of drug-likeness (QED) is 0.727. The normalized spacial score (nSPS) is 12.1. The van der Waals surface area contributed by atoms with E-state index in [9.17, 15) is 13.2 Å². The molecule has 7 heteroatoms. The second-order valence-electron chi connectivity index (χ2n) is 4.28. The SMILES string of the molecule is CCCS(=O)(=O)CCn1c(=O)oc2ccc(I)cc21. The molecular formula is C12H14INO4S. The van der Waals surface area contributed by atoms with Gasteiger partial charge in [-0.1, -0.05) is 6.92 Å². The van der Waals surface area contributed by atoms with Gasteiger partial charge in [0.2, 0.25) is 0 Å². The number of benzene rings is 1. The maximum absolute atomic E-state index is 11.7. The molecule has 0 aliphatic carbocycles. The minimum atomic E-state index is -3.11. The number of hydrogen-bond donors (Lipinski definition) is 0. The highest BCUT2D eigenvalue weighted by Crippen LogP contribution is 2.16. The minimum Gasteiger partial charge on any atom is -0.408 e. The molecule has 0 aliphatic heterocycles. The van der Waals surface area contributed by atoms with Crippen LogP contribution in [0.25, 0.3) is 11.1 Å². The van der Waals surface area contributed by atoms with Gasteiger partial charge in [0.05, 0.1) is 11.3 Å². The summed E-state index contributed by atoms with van der Waals surface area (Å²) in [5, 5.41) is 0. The summed E-state index contributed by atoms with van der Waals surface area (Å²) in [6.45, 7) is 1.95. The smallest absolute Gasteiger partial charge is 0.408 e. The van der Waals surface area contributed by atoms with Crippen molar-refractivity contribution in [2.45, 2.75) is 19.9 Å². The molecule has 0 atom stereocenters. The summed E-state index contributed by atoms with van der Waals surface area (Å²) in [5.74, 6) is -0.403. The van der Waals surface area contributed by atoms with Gasteiger partial charge in [0, 0.05) is 15.9 Å². The lowest BCUT2D eigenvalue weighted by Gasteiger charge is -2.03. The van der Waals surface area contributed by atoms with Gasteiger partial charge < -0.3 is 4.42 Å². The topological polar surface area (TPSA) is 69.3 Å². The third-order valence-corrected chi connectivity index (χ3v) is 5.28. The zero-order valence-electron chi connectivity index (χ0n) is 10.4. The summed E-state index contributed by atoms with van der Waals surface area (Å²) in [6.07, 6.45) is 0.585. The lowest BCUT2D eigenvalue weighted by Crippen LogP contribution is -2.21. The number of hydrogen-bond acceptors (Lipinski definition) is 4. The fourth-order valence-corrected chi connectivity index (χ4v) is 3.65. The zero-order chi connectivity index (χ0) is 14.0. The molecule has 0 bridgehead atoms. The number of fused-ring (bicyclic) bond motifs is 1. The van der Waals surface area contributed by atoms with Crippen molar-refractivity contribution in [3.8, 4) is 0 Å². The van der Waals surface area contributed by atoms with E-state index in [2.05, 4.69) is 22.6 Å². The van der Waals surface area contributed by atoms with Crippen molar-refractivity contribution in [2.75, 3.05) is 11.5 Å². The molecule has 0 radical (unpaired) electrons. The number of oxazole rings is 1. The van der Waals surface area contributed by atoms with Gasteiger partial charge in [0.25, 0.3) is 0 Å². The number of halogens is 1. The van der Waals surface area contributed by atoms with Crippen LogP contribution in [0.5, 0.6) is 0 Å². The van der Waals surface area contributed by atoms with E-state index in [0.717, 1.165) is 3.57 Å². The summed E-state index contributed by atoms with van der Waals surface area (Å²) < 4.78 is 30.8. The second kappa shape index (κ2) is 5.66. The van der Waals surface area contributed by atoms with E-state index in [1.54, 1.807) is 6.07 Å². The summed E-state index contributed by atoms with van der Waals surface area (Å²) in [5.41, 5.74) is 1.13. The molecule has 19 heavy (non-hydrogen) atoms. The van der Waals surface area contributed by atoms with Crippen molar-refractivity contribution in [1.82, 2.24) is 4.57 Å². The molecule has 0 unspecified atom stereocenters. The Morgan fingerprint density at radius 2 is 2.05 bits per heavy atom. The van der Waals surface area contributed by atoms with E-state index in [1.165, 1.54) is 4.57 Å². The van der Waals surface area contributed by atoms with Crippen molar-refractivity contribution in [1.29, 1.82) is 0 Å². The first-order valence-electron chi connectivity index (χ1n) is 5.92. The zero-order valence-corrected chi connectivity index (χ0v) is 13.4. The molecule has 2 aromatic rings. The summed E-state index contributed by atoms with van der Waals surface area (Å²) in [6, 6.07) is 5.37. The molecule has 0 aliphatic rings. The van der Waals surface area contributed by atoms with Gasteiger partial charge in [-0.25, -0.2) is 13.2 Å². The van der Waals surface area contributed by atoms with Gasteiger partial charge in [-0.15, -0.1) is 0 Å². The Kier molecular flexibility index (Phi) is 4.34. The van der Waals surface area contributed by atoms with Crippen LogP contribution in [0.15, 0.2) is 27.4 Å². The van der Waals surface area contributed by atoms with Crippen LogP contribution in [0, 0.1) is 3.57 Å². The predicted molar refractivity (Wildman–Crippen MR) is 82.1 cm³/mol. The van der Waals surface area contributed by atoms with E-state index < -0.39 is 15.6 Å². The van der Waals surface area contributed by atoms with E-state index >= 15 is 0 Å². The van der Waals surface area contributed by atoms with Crippen molar-refractivity contribution in [2.24, 2.45) is 0 Å². The summed E-state index contributed by atoms with van der Waals surface area (Å²) >= 11 is 2.14. The van der Waals surface area contributed by atoms with E-state index in [1.807, 2.05) is 19.1 Å². The first-order chi connectivity index (χ1) is 8.93. The Morgan fingerprint density at radius 3 is 2.74 bits per heavy atom. The fourth-order valence-electron chi connectivity index (χ4n) is 1.89. The molecule has 104 valence electrons. The molecule has 0 saturated carbocycles. The lowest BCUT2D eigenvalue weighted by molar-refractivity contribution is 0.511. The van der Waals surface area contributed by atoms with Crippen LogP contribution < -0.4 is 5.76 Å². The van der Waals surface area contributed by atoms with Gasteiger partial charge in [-0.2, -0.15) is 0 Å². The Balaban J connectivity index is 2.33. The van der Waals surface area contributed by atoms with Crippen LogP contribution in [0.2, 0.25) is 0 Å².